The monoisotopic (exact) mass is 341 g/mol. The van der Waals surface area contributed by atoms with Gasteiger partial charge in [-0.25, -0.2) is 9.97 Å². The van der Waals surface area contributed by atoms with Crippen molar-refractivity contribution in [3.05, 3.63) is 46.2 Å². The topological polar surface area (TPSA) is 107 Å². The Balaban J connectivity index is 1.72. The molecule has 0 saturated heterocycles. The van der Waals surface area contributed by atoms with Crippen molar-refractivity contribution in [2.75, 3.05) is 5.32 Å². The molecular formula is C14H11N7O2S. The van der Waals surface area contributed by atoms with E-state index in [1.807, 2.05) is 0 Å². The van der Waals surface area contributed by atoms with Gasteiger partial charge in [0, 0.05) is 24.0 Å². The molecule has 1 N–H and O–H groups in total. The largest absolute Gasteiger partial charge is 0.305 e. The number of carbonyl (C=O) groups excluding carboxylic acids is 1. The van der Waals surface area contributed by atoms with Gasteiger partial charge in [-0.3, -0.25) is 9.59 Å². The molecule has 4 aromatic rings. The van der Waals surface area contributed by atoms with Crippen molar-refractivity contribution in [1.29, 1.82) is 0 Å². The van der Waals surface area contributed by atoms with Crippen LogP contribution in [0.3, 0.4) is 0 Å². The molecule has 4 heterocycles. The minimum Gasteiger partial charge on any atom is -0.305 e. The van der Waals surface area contributed by atoms with E-state index in [4.69, 9.17) is 0 Å². The van der Waals surface area contributed by atoms with Crippen LogP contribution in [0.15, 0.2) is 34.8 Å². The van der Waals surface area contributed by atoms with Gasteiger partial charge in [0.1, 0.15) is 12.4 Å². The molecule has 0 aliphatic rings. The Morgan fingerprint density at radius 2 is 2.25 bits per heavy atom. The Morgan fingerprint density at radius 3 is 3.04 bits per heavy atom. The van der Waals surface area contributed by atoms with E-state index in [0.29, 0.717) is 27.6 Å². The minimum absolute atomic E-state index is 0.108. The van der Waals surface area contributed by atoms with Gasteiger partial charge in [0.25, 0.3) is 11.3 Å². The lowest BCUT2D eigenvalue weighted by Gasteiger charge is -2.07. The molecule has 0 aromatic carbocycles. The third-order valence-electron chi connectivity index (χ3n) is 3.41. The zero-order valence-corrected chi connectivity index (χ0v) is 13.3. The highest BCUT2D eigenvalue weighted by molar-refractivity contribution is 7.13. The van der Waals surface area contributed by atoms with Gasteiger partial charge in [0.15, 0.2) is 5.13 Å². The summed E-state index contributed by atoms with van der Waals surface area (Å²) in [5.74, 6) is 0.678. The Kier molecular flexibility index (Phi) is 3.31. The average Bonchev–Trinajstić information content (AvgIpc) is 3.18. The highest BCUT2D eigenvalue weighted by Gasteiger charge is 2.12. The van der Waals surface area contributed by atoms with Crippen LogP contribution in [0.25, 0.3) is 16.7 Å². The Bertz CT molecular complexity index is 1110. The summed E-state index contributed by atoms with van der Waals surface area (Å²) in [5, 5.41) is 9.50. The molecule has 0 bridgehead atoms. The van der Waals surface area contributed by atoms with Crippen LogP contribution < -0.4 is 10.9 Å². The van der Waals surface area contributed by atoms with E-state index in [2.05, 4.69) is 25.4 Å². The zero-order valence-electron chi connectivity index (χ0n) is 12.5. The molecule has 0 spiro atoms. The number of rotatable bonds is 3. The standard InChI is InChI=1S/C14H11N7O2S/c1-8-17-13-16-6-9-10(21(13)19-8)2-4-20(12(9)23)7-11(22)18-14-15-3-5-24-14/h2-6H,7H2,1H3,(H,15,18,22). The van der Waals surface area contributed by atoms with Crippen molar-refractivity contribution in [2.24, 2.45) is 0 Å². The Hall–Kier alpha value is -3.14. The number of fused-ring (bicyclic) bond motifs is 3. The van der Waals surface area contributed by atoms with Crippen LogP contribution >= 0.6 is 11.3 Å². The van der Waals surface area contributed by atoms with Gasteiger partial charge >= 0.3 is 0 Å². The summed E-state index contributed by atoms with van der Waals surface area (Å²) in [6.07, 6.45) is 4.61. The highest BCUT2D eigenvalue weighted by Crippen LogP contribution is 2.11. The van der Waals surface area contributed by atoms with Crippen molar-refractivity contribution in [2.45, 2.75) is 13.5 Å². The molecule has 0 saturated carbocycles. The second-order valence-corrected chi connectivity index (χ2v) is 5.96. The molecule has 0 atom stereocenters. The molecule has 24 heavy (non-hydrogen) atoms. The van der Waals surface area contributed by atoms with Crippen molar-refractivity contribution < 1.29 is 4.79 Å². The number of thiazole rings is 1. The van der Waals surface area contributed by atoms with Crippen LogP contribution in [-0.4, -0.2) is 35.0 Å². The van der Waals surface area contributed by atoms with Gasteiger partial charge in [-0.15, -0.1) is 16.4 Å². The van der Waals surface area contributed by atoms with E-state index in [-0.39, 0.29) is 18.0 Å². The fourth-order valence-corrected chi connectivity index (χ4v) is 2.93. The first-order valence-electron chi connectivity index (χ1n) is 7.03. The normalized spacial score (nSPS) is 11.2. The summed E-state index contributed by atoms with van der Waals surface area (Å²) >= 11 is 1.31. The molecular weight excluding hydrogens is 330 g/mol. The molecule has 120 valence electrons. The predicted octanol–water partition coefficient (Wildman–Crippen LogP) is 0.843. The highest BCUT2D eigenvalue weighted by atomic mass is 32.1. The molecule has 9 nitrogen and oxygen atoms in total. The predicted molar refractivity (Wildman–Crippen MR) is 88.0 cm³/mol. The SMILES string of the molecule is Cc1nc2ncc3c(=O)n(CC(=O)Nc4nccs4)ccc3n2n1. The van der Waals surface area contributed by atoms with Crippen LogP contribution in [0.2, 0.25) is 0 Å². The lowest BCUT2D eigenvalue weighted by Crippen LogP contribution is -2.27. The zero-order chi connectivity index (χ0) is 16.7. The molecule has 4 aromatic heterocycles. The van der Waals surface area contributed by atoms with E-state index < -0.39 is 0 Å². The van der Waals surface area contributed by atoms with Crippen LogP contribution in [0.1, 0.15) is 5.82 Å². The molecule has 1 amide bonds. The molecule has 0 aliphatic heterocycles. The third kappa shape index (κ3) is 2.42. The number of aromatic nitrogens is 6. The van der Waals surface area contributed by atoms with Crippen LogP contribution in [-0.2, 0) is 11.3 Å². The summed E-state index contributed by atoms with van der Waals surface area (Å²) in [5.41, 5.74) is 0.284. The number of amides is 1. The number of aryl methyl sites for hydroxylation is 1. The average molecular weight is 341 g/mol. The maximum absolute atomic E-state index is 12.6. The van der Waals surface area contributed by atoms with Crippen LogP contribution in [0, 0.1) is 6.92 Å². The number of anilines is 1. The second-order valence-electron chi connectivity index (χ2n) is 5.06. The molecule has 10 heteroatoms. The lowest BCUT2D eigenvalue weighted by molar-refractivity contribution is -0.116. The Labute approximate surface area is 138 Å². The van der Waals surface area contributed by atoms with Crippen LogP contribution in [0.5, 0.6) is 0 Å². The summed E-state index contributed by atoms with van der Waals surface area (Å²) in [6, 6.07) is 1.72. The summed E-state index contributed by atoms with van der Waals surface area (Å²) in [6.45, 7) is 1.65. The second kappa shape index (κ2) is 5.49. The maximum Gasteiger partial charge on any atom is 0.262 e. The summed E-state index contributed by atoms with van der Waals surface area (Å²) in [4.78, 5) is 36.9. The van der Waals surface area contributed by atoms with Crippen molar-refractivity contribution in [3.63, 3.8) is 0 Å². The van der Waals surface area contributed by atoms with Gasteiger partial charge < -0.3 is 9.88 Å². The van der Waals surface area contributed by atoms with Crippen molar-refractivity contribution in [3.8, 4) is 0 Å². The number of hydrogen-bond acceptors (Lipinski definition) is 7. The smallest absolute Gasteiger partial charge is 0.262 e. The molecule has 4 rings (SSSR count). The first-order valence-corrected chi connectivity index (χ1v) is 7.90. The fourth-order valence-electron chi connectivity index (χ4n) is 2.38. The fraction of sp³-hybridized carbons (Fsp3) is 0.143. The molecule has 0 fully saturated rings. The third-order valence-corrected chi connectivity index (χ3v) is 4.09. The molecule has 0 unspecified atom stereocenters. The lowest BCUT2D eigenvalue weighted by atomic mass is 10.3. The van der Waals surface area contributed by atoms with E-state index in [9.17, 15) is 9.59 Å². The summed E-state index contributed by atoms with van der Waals surface area (Å²) in [7, 11) is 0. The first-order chi connectivity index (χ1) is 11.6. The van der Waals surface area contributed by atoms with Crippen molar-refractivity contribution >= 4 is 39.1 Å². The minimum atomic E-state index is -0.322. The number of pyridine rings is 1. The van der Waals surface area contributed by atoms with Gasteiger partial charge in [0.05, 0.1) is 10.9 Å². The number of nitrogens with zero attached hydrogens (tertiary/aromatic N) is 6. The molecule has 0 aliphatic carbocycles. The first kappa shape index (κ1) is 14.5. The number of carbonyl (C=O) groups is 1. The van der Waals surface area contributed by atoms with Crippen molar-refractivity contribution in [1.82, 2.24) is 29.1 Å². The van der Waals surface area contributed by atoms with Crippen LogP contribution in [0.4, 0.5) is 5.13 Å². The van der Waals surface area contributed by atoms with Gasteiger partial charge in [0.2, 0.25) is 5.91 Å². The van der Waals surface area contributed by atoms with E-state index in [1.54, 1.807) is 30.8 Å². The van der Waals surface area contributed by atoms with E-state index >= 15 is 0 Å². The number of hydrogen-bond donors (Lipinski definition) is 1. The number of nitrogens with one attached hydrogen (secondary N) is 1. The van der Waals surface area contributed by atoms with Gasteiger partial charge in [-0.2, -0.15) is 9.50 Å². The van der Waals surface area contributed by atoms with Gasteiger partial charge in [-0.1, -0.05) is 0 Å². The van der Waals surface area contributed by atoms with E-state index in [0.717, 1.165) is 0 Å². The maximum atomic E-state index is 12.6. The molecule has 0 radical (unpaired) electrons. The quantitative estimate of drug-likeness (QED) is 0.592. The van der Waals surface area contributed by atoms with Gasteiger partial charge in [-0.05, 0) is 13.0 Å². The summed E-state index contributed by atoms with van der Waals surface area (Å²) < 4.78 is 2.84. The van der Waals surface area contributed by atoms with E-state index in [1.165, 1.54) is 26.6 Å². The Morgan fingerprint density at radius 1 is 1.38 bits per heavy atom.